The molecule has 6 nitrogen and oxygen atoms in total. The van der Waals surface area contributed by atoms with Crippen molar-refractivity contribution < 1.29 is 9.53 Å². The number of rotatable bonds is 4. The summed E-state index contributed by atoms with van der Waals surface area (Å²) in [7, 11) is 1.63. The summed E-state index contributed by atoms with van der Waals surface area (Å²) in [5, 5.41) is 8.63. The number of hydrazone groups is 1. The van der Waals surface area contributed by atoms with Crippen molar-refractivity contribution in [1.29, 1.82) is 0 Å². The first-order valence-electron chi connectivity index (χ1n) is 8.98. The van der Waals surface area contributed by atoms with Crippen LogP contribution in [-0.2, 0) is 11.2 Å². The summed E-state index contributed by atoms with van der Waals surface area (Å²) in [6, 6.07) is 15.4. The van der Waals surface area contributed by atoms with E-state index in [1.807, 2.05) is 36.4 Å². The van der Waals surface area contributed by atoms with Crippen molar-refractivity contribution in [3.63, 3.8) is 0 Å². The highest BCUT2D eigenvalue weighted by atomic mass is 16.5. The van der Waals surface area contributed by atoms with Crippen LogP contribution in [0, 0.1) is 0 Å². The number of carbonyl (C=O) groups excluding carboxylic acids is 1. The SMILES string of the molecule is COc1ccc(/C=N/NC(=O)C2Cc3c([nH]c4ccccc34)C(C)N2)cc1. The molecule has 2 aromatic carbocycles. The molecule has 0 saturated heterocycles. The molecule has 1 aliphatic heterocycles. The molecule has 2 atom stereocenters. The Morgan fingerprint density at radius 2 is 2.00 bits per heavy atom. The van der Waals surface area contributed by atoms with Crippen LogP contribution in [0.2, 0.25) is 0 Å². The number of nitrogens with one attached hydrogen (secondary N) is 3. The van der Waals surface area contributed by atoms with Crippen molar-refractivity contribution in [2.75, 3.05) is 7.11 Å². The normalized spacial score (nSPS) is 19.2. The quantitative estimate of drug-likeness (QED) is 0.493. The molecule has 2 unspecified atom stereocenters. The van der Waals surface area contributed by atoms with Crippen LogP contribution in [0.3, 0.4) is 0 Å². The molecule has 138 valence electrons. The number of hydrogen-bond donors (Lipinski definition) is 3. The number of para-hydroxylation sites is 1. The van der Waals surface area contributed by atoms with E-state index in [2.05, 4.69) is 39.9 Å². The number of amides is 1. The average molecular weight is 362 g/mol. The largest absolute Gasteiger partial charge is 0.497 e. The molecule has 2 heterocycles. The van der Waals surface area contributed by atoms with Gasteiger partial charge in [-0.05, 0) is 54.8 Å². The summed E-state index contributed by atoms with van der Waals surface area (Å²) in [4.78, 5) is 16.0. The van der Waals surface area contributed by atoms with Gasteiger partial charge in [-0.15, -0.1) is 0 Å². The lowest BCUT2D eigenvalue weighted by molar-refractivity contribution is -0.123. The van der Waals surface area contributed by atoms with Crippen LogP contribution < -0.4 is 15.5 Å². The van der Waals surface area contributed by atoms with Crippen molar-refractivity contribution in [3.8, 4) is 5.75 Å². The van der Waals surface area contributed by atoms with Gasteiger partial charge in [0.2, 0.25) is 0 Å². The standard InChI is InChI=1S/C21H22N4O2/c1-13-20-17(16-5-3-4-6-18(16)24-20)11-19(23-13)21(26)25-22-12-14-7-9-15(27-2)10-8-14/h3-10,12-13,19,23-24H,11H2,1-2H3,(H,25,26)/b22-12+. The fourth-order valence-corrected chi connectivity index (χ4v) is 3.57. The molecule has 1 amide bonds. The lowest BCUT2D eigenvalue weighted by atomic mass is 9.94. The Morgan fingerprint density at radius 1 is 1.22 bits per heavy atom. The van der Waals surface area contributed by atoms with Gasteiger partial charge in [0.15, 0.2) is 0 Å². The van der Waals surface area contributed by atoms with Crippen LogP contribution in [0.15, 0.2) is 53.6 Å². The highest BCUT2D eigenvalue weighted by Gasteiger charge is 2.30. The highest BCUT2D eigenvalue weighted by Crippen LogP contribution is 2.31. The van der Waals surface area contributed by atoms with Gasteiger partial charge in [0.25, 0.3) is 5.91 Å². The van der Waals surface area contributed by atoms with Crippen molar-refractivity contribution in [1.82, 2.24) is 15.7 Å². The second kappa shape index (κ2) is 7.25. The number of nitrogens with zero attached hydrogens (tertiary/aromatic N) is 1. The highest BCUT2D eigenvalue weighted by molar-refractivity contribution is 5.89. The summed E-state index contributed by atoms with van der Waals surface area (Å²) in [6.07, 6.45) is 2.26. The van der Waals surface area contributed by atoms with E-state index >= 15 is 0 Å². The fraction of sp³-hybridized carbons (Fsp3) is 0.238. The van der Waals surface area contributed by atoms with Gasteiger partial charge in [-0.25, -0.2) is 5.43 Å². The first kappa shape index (κ1) is 17.3. The monoisotopic (exact) mass is 362 g/mol. The molecule has 3 N–H and O–H groups in total. The number of ether oxygens (including phenoxy) is 1. The van der Waals surface area contributed by atoms with Crippen LogP contribution >= 0.6 is 0 Å². The molecule has 4 rings (SSSR count). The maximum Gasteiger partial charge on any atom is 0.257 e. The van der Waals surface area contributed by atoms with Gasteiger partial charge in [0.1, 0.15) is 5.75 Å². The Morgan fingerprint density at radius 3 is 2.78 bits per heavy atom. The summed E-state index contributed by atoms with van der Waals surface area (Å²) in [5.41, 5.74) is 7.00. The third-order valence-electron chi connectivity index (χ3n) is 4.96. The van der Waals surface area contributed by atoms with Gasteiger partial charge in [-0.1, -0.05) is 18.2 Å². The summed E-state index contributed by atoms with van der Waals surface area (Å²) in [6.45, 7) is 2.06. The van der Waals surface area contributed by atoms with Gasteiger partial charge in [0.05, 0.1) is 19.4 Å². The minimum Gasteiger partial charge on any atom is -0.497 e. The van der Waals surface area contributed by atoms with E-state index in [-0.39, 0.29) is 18.0 Å². The zero-order valence-electron chi connectivity index (χ0n) is 15.3. The fourth-order valence-electron chi connectivity index (χ4n) is 3.57. The van der Waals surface area contributed by atoms with E-state index in [0.717, 1.165) is 22.5 Å². The molecule has 27 heavy (non-hydrogen) atoms. The molecule has 1 aromatic heterocycles. The summed E-state index contributed by atoms with van der Waals surface area (Å²) < 4.78 is 5.13. The third-order valence-corrected chi connectivity index (χ3v) is 4.96. The Balaban J connectivity index is 1.45. The van der Waals surface area contributed by atoms with Crippen LogP contribution in [-0.4, -0.2) is 30.3 Å². The van der Waals surface area contributed by atoms with E-state index in [1.165, 1.54) is 10.9 Å². The predicted molar refractivity (Wildman–Crippen MR) is 106 cm³/mol. The molecule has 0 radical (unpaired) electrons. The average Bonchev–Trinajstić information content (AvgIpc) is 3.08. The first-order valence-corrected chi connectivity index (χ1v) is 8.98. The van der Waals surface area contributed by atoms with E-state index < -0.39 is 0 Å². The minimum atomic E-state index is -0.320. The lowest BCUT2D eigenvalue weighted by Gasteiger charge is -2.27. The maximum absolute atomic E-state index is 12.6. The van der Waals surface area contributed by atoms with Gasteiger partial charge in [0, 0.05) is 22.6 Å². The van der Waals surface area contributed by atoms with Gasteiger partial charge in [-0.2, -0.15) is 5.10 Å². The lowest BCUT2D eigenvalue weighted by Crippen LogP contribution is -2.47. The van der Waals surface area contributed by atoms with E-state index in [9.17, 15) is 4.79 Å². The van der Waals surface area contributed by atoms with Gasteiger partial charge in [-0.3, -0.25) is 10.1 Å². The first-order chi connectivity index (χ1) is 13.2. The predicted octanol–water partition coefficient (Wildman–Crippen LogP) is 2.90. The Hall–Kier alpha value is -3.12. The van der Waals surface area contributed by atoms with E-state index in [1.54, 1.807) is 13.3 Å². The Bertz CT molecular complexity index is 991. The van der Waals surface area contributed by atoms with Crippen LogP contribution in [0.4, 0.5) is 0 Å². The molecule has 1 aliphatic rings. The Kier molecular flexibility index (Phi) is 4.64. The number of hydrogen-bond acceptors (Lipinski definition) is 4. The Labute approximate surface area is 157 Å². The minimum absolute atomic E-state index is 0.0717. The number of aromatic nitrogens is 1. The zero-order valence-corrected chi connectivity index (χ0v) is 15.3. The van der Waals surface area contributed by atoms with Crippen molar-refractivity contribution in [2.45, 2.75) is 25.4 Å². The second-order valence-electron chi connectivity index (χ2n) is 6.72. The maximum atomic E-state index is 12.6. The van der Waals surface area contributed by atoms with Crippen LogP contribution in [0.5, 0.6) is 5.75 Å². The number of fused-ring (bicyclic) bond motifs is 3. The van der Waals surface area contributed by atoms with Crippen LogP contribution in [0.25, 0.3) is 10.9 Å². The van der Waals surface area contributed by atoms with E-state index in [0.29, 0.717) is 6.42 Å². The number of benzene rings is 2. The molecular weight excluding hydrogens is 340 g/mol. The molecule has 0 saturated carbocycles. The smallest absolute Gasteiger partial charge is 0.257 e. The third kappa shape index (κ3) is 3.44. The van der Waals surface area contributed by atoms with Crippen molar-refractivity contribution in [3.05, 3.63) is 65.4 Å². The van der Waals surface area contributed by atoms with Gasteiger partial charge < -0.3 is 9.72 Å². The molecular formula is C21H22N4O2. The molecule has 0 bridgehead atoms. The van der Waals surface area contributed by atoms with Crippen LogP contribution in [0.1, 0.15) is 29.8 Å². The summed E-state index contributed by atoms with van der Waals surface area (Å²) >= 11 is 0. The van der Waals surface area contributed by atoms with E-state index in [4.69, 9.17) is 4.74 Å². The number of aromatic amines is 1. The molecule has 0 spiro atoms. The van der Waals surface area contributed by atoms with Crippen molar-refractivity contribution >= 4 is 23.0 Å². The number of H-pyrrole nitrogens is 1. The topological polar surface area (TPSA) is 78.5 Å². The molecule has 3 aromatic rings. The zero-order chi connectivity index (χ0) is 18.8. The summed E-state index contributed by atoms with van der Waals surface area (Å²) in [5.74, 6) is 0.647. The molecule has 0 fully saturated rings. The number of carbonyl (C=O) groups is 1. The van der Waals surface area contributed by atoms with Gasteiger partial charge >= 0.3 is 0 Å². The second-order valence-corrected chi connectivity index (χ2v) is 6.72. The number of methoxy groups -OCH3 is 1. The molecule has 0 aliphatic carbocycles. The van der Waals surface area contributed by atoms with Crippen molar-refractivity contribution in [2.24, 2.45) is 5.10 Å². The molecule has 6 heteroatoms.